The molecule has 0 aliphatic rings. The number of carbonyl (C=O) groups is 1. The number of ether oxygens (including phenoxy) is 1. The van der Waals surface area contributed by atoms with Crippen LogP contribution in [0, 0.1) is 23.4 Å². The molecule has 21 heavy (non-hydrogen) atoms. The molecule has 11 heteroatoms. The van der Waals surface area contributed by atoms with Gasteiger partial charge in [-0.05, 0) is 0 Å². The summed E-state index contributed by atoms with van der Waals surface area (Å²) in [5.41, 5.74) is 0. The van der Waals surface area contributed by atoms with Crippen LogP contribution < -0.4 is 4.74 Å². The van der Waals surface area contributed by atoms with Crippen molar-refractivity contribution in [3.8, 4) is 5.75 Å². The van der Waals surface area contributed by atoms with Gasteiger partial charge < -0.3 is 14.9 Å². The molecule has 1 aromatic rings. The van der Waals surface area contributed by atoms with Crippen LogP contribution in [0.3, 0.4) is 0 Å². The molecule has 0 saturated heterocycles. The van der Waals surface area contributed by atoms with Crippen LogP contribution in [0.2, 0.25) is 0 Å². The summed E-state index contributed by atoms with van der Waals surface area (Å²) in [7, 11) is -5.22. The van der Waals surface area contributed by atoms with Crippen LogP contribution in [0.25, 0.3) is 0 Å². The minimum Gasteiger partial charge on any atom is -0.420 e. The number of hydrogen-bond donors (Lipinski definition) is 3. The first-order valence-electron chi connectivity index (χ1n) is 5.21. The van der Waals surface area contributed by atoms with Gasteiger partial charge >= 0.3 is 5.97 Å². The predicted molar refractivity (Wildman–Crippen MR) is 59.4 cm³/mol. The maximum atomic E-state index is 13.5. The molecule has 0 radical (unpaired) electrons. The van der Waals surface area contributed by atoms with Gasteiger partial charge in [-0.1, -0.05) is 0 Å². The van der Waals surface area contributed by atoms with E-state index in [9.17, 15) is 26.4 Å². The van der Waals surface area contributed by atoms with E-state index in [1.807, 2.05) is 0 Å². The minimum absolute atomic E-state index is 0.0801. The minimum atomic E-state index is -5.22. The standard InChI is InChI=1S/C10H9F3O7S/c11-5-1-6(21(17,18)19)7(12)8(13)9(5)20-10(16)4(2-14)3-15/h1,4,14-15H,2-3H2,(H,17,18,19). The normalized spacial score (nSPS) is 11.8. The van der Waals surface area contributed by atoms with Crippen LogP contribution in [0.4, 0.5) is 13.2 Å². The van der Waals surface area contributed by atoms with E-state index in [1.165, 1.54) is 0 Å². The van der Waals surface area contributed by atoms with E-state index < -0.39 is 63.3 Å². The van der Waals surface area contributed by atoms with Crippen molar-refractivity contribution in [2.75, 3.05) is 13.2 Å². The number of aliphatic hydroxyl groups excluding tert-OH is 2. The number of esters is 1. The fourth-order valence-electron chi connectivity index (χ4n) is 1.23. The number of hydrogen-bond acceptors (Lipinski definition) is 6. The van der Waals surface area contributed by atoms with Crippen molar-refractivity contribution in [1.29, 1.82) is 0 Å². The molecule has 0 amide bonds. The fraction of sp³-hybridized carbons (Fsp3) is 0.300. The van der Waals surface area contributed by atoms with Gasteiger partial charge in [-0.3, -0.25) is 9.35 Å². The molecule has 0 aliphatic heterocycles. The molecule has 0 saturated carbocycles. The first kappa shape index (κ1) is 17.4. The zero-order chi connectivity index (χ0) is 16.4. The van der Waals surface area contributed by atoms with E-state index in [1.54, 1.807) is 0 Å². The van der Waals surface area contributed by atoms with E-state index >= 15 is 0 Å². The third kappa shape index (κ3) is 3.69. The summed E-state index contributed by atoms with van der Waals surface area (Å²) >= 11 is 0. The van der Waals surface area contributed by atoms with Gasteiger partial charge in [0.25, 0.3) is 10.1 Å². The molecule has 0 atom stereocenters. The average molecular weight is 330 g/mol. The molecule has 1 rings (SSSR count). The van der Waals surface area contributed by atoms with Gasteiger partial charge in [0.2, 0.25) is 11.6 Å². The molecule has 7 nitrogen and oxygen atoms in total. The Morgan fingerprint density at radius 1 is 1.19 bits per heavy atom. The topological polar surface area (TPSA) is 121 Å². The van der Waals surface area contributed by atoms with Crippen LogP contribution in [0.1, 0.15) is 0 Å². The molecule has 3 N–H and O–H groups in total. The van der Waals surface area contributed by atoms with Crippen molar-refractivity contribution in [1.82, 2.24) is 0 Å². The largest absolute Gasteiger partial charge is 0.420 e. The Kier molecular flexibility index (Phi) is 5.28. The number of halogens is 3. The Balaban J connectivity index is 3.29. The SMILES string of the molecule is O=C(Oc1c(F)cc(S(=O)(=O)O)c(F)c1F)C(CO)CO. The highest BCUT2D eigenvalue weighted by atomic mass is 32.2. The van der Waals surface area contributed by atoms with E-state index in [-0.39, 0.29) is 6.07 Å². The Bertz CT molecular complexity index is 655. The van der Waals surface area contributed by atoms with Crippen LogP contribution >= 0.6 is 0 Å². The van der Waals surface area contributed by atoms with Crippen molar-refractivity contribution in [2.24, 2.45) is 5.92 Å². The third-order valence-electron chi connectivity index (χ3n) is 2.34. The van der Waals surface area contributed by atoms with E-state index in [4.69, 9.17) is 14.8 Å². The Morgan fingerprint density at radius 2 is 1.71 bits per heavy atom. The second-order valence-corrected chi connectivity index (χ2v) is 5.16. The molecule has 0 aromatic heterocycles. The molecule has 0 heterocycles. The van der Waals surface area contributed by atoms with E-state index in [0.29, 0.717) is 0 Å². The summed E-state index contributed by atoms with van der Waals surface area (Å²) < 4.78 is 74.5. The lowest BCUT2D eigenvalue weighted by Gasteiger charge is -2.12. The summed E-state index contributed by atoms with van der Waals surface area (Å²) in [6.45, 7) is -1.80. The van der Waals surface area contributed by atoms with Gasteiger partial charge in [0, 0.05) is 6.07 Å². The highest BCUT2D eigenvalue weighted by molar-refractivity contribution is 7.85. The summed E-state index contributed by atoms with van der Waals surface area (Å²) in [5.74, 6) is -10.6. The molecule has 118 valence electrons. The number of aliphatic hydroxyl groups is 2. The van der Waals surface area contributed by atoms with Gasteiger partial charge in [-0.25, -0.2) is 8.78 Å². The molecule has 0 bridgehead atoms. The molecule has 1 aromatic carbocycles. The van der Waals surface area contributed by atoms with Gasteiger partial charge in [-0.2, -0.15) is 12.8 Å². The average Bonchev–Trinajstić information content (AvgIpc) is 2.39. The predicted octanol–water partition coefficient (Wildman–Crippen LogP) is -0.143. The monoisotopic (exact) mass is 330 g/mol. The maximum absolute atomic E-state index is 13.5. The Hall–Kier alpha value is -1.69. The highest BCUT2D eigenvalue weighted by Gasteiger charge is 2.29. The Labute approximate surface area is 116 Å². The van der Waals surface area contributed by atoms with Gasteiger partial charge in [0.15, 0.2) is 11.6 Å². The third-order valence-corrected chi connectivity index (χ3v) is 3.19. The first-order chi connectivity index (χ1) is 9.63. The zero-order valence-electron chi connectivity index (χ0n) is 10.1. The van der Waals surface area contributed by atoms with Crippen molar-refractivity contribution in [3.63, 3.8) is 0 Å². The van der Waals surface area contributed by atoms with Crippen LogP contribution in [0.5, 0.6) is 5.75 Å². The molecule has 0 aliphatic carbocycles. The van der Waals surface area contributed by atoms with Gasteiger partial charge in [-0.15, -0.1) is 0 Å². The number of carbonyl (C=O) groups excluding carboxylic acids is 1. The second-order valence-electron chi connectivity index (χ2n) is 3.77. The fourth-order valence-corrected chi connectivity index (χ4v) is 1.80. The van der Waals surface area contributed by atoms with Gasteiger partial charge in [0.05, 0.1) is 13.2 Å². The molecule has 0 unspecified atom stereocenters. The van der Waals surface area contributed by atoms with Crippen LogP contribution in [-0.4, -0.2) is 42.4 Å². The summed E-state index contributed by atoms with van der Waals surface area (Å²) in [5, 5.41) is 17.4. The van der Waals surface area contributed by atoms with Crippen LogP contribution in [-0.2, 0) is 14.9 Å². The Morgan fingerprint density at radius 3 is 2.14 bits per heavy atom. The summed E-state index contributed by atoms with van der Waals surface area (Å²) in [6.07, 6.45) is 0. The lowest BCUT2D eigenvalue weighted by atomic mass is 10.2. The molecule has 0 spiro atoms. The zero-order valence-corrected chi connectivity index (χ0v) is 10.9. The maximum Gasteiger partial charge on any atom is 0.319 e. The van der Waals surface area contributed by atoms with Crippen molar-refractivity contribution < 1.29 is 45.9 Å². The van der Waals surface area contributed by atoms with Crippen molar-refractivity contribution >= 4 is 16.1 Å². The first-order valence-corrected chi connectivity index (χ1v) is 6.65. The van der Waals surface area contributed by atoms with E-state index in [0.717, 1.165) is 0 Å². The van der Waals surface area contributed by atoms with Crippen molar-refractivity contribution in [3.05, 3.63) is 23.5 Å². The summed E-state index contributed by atoms with van der Waals surface area (Å²) in [4.78, 5) is 9.64. The lowest BCUT2D eigenvalue weighted by molar-refractivity contribution is -0.142. The van der Waals surface area contributed by atoms with Crippen molar-refractivity contribution in [2.45, 2.75) is 4.90 Å². The second kappa shape index (κ2) is 6.39. The highest BCUT2D eigenvalue weighted by Crippen LogP contribution is 2.29. The molecule has 0 fully saturated rings. The molecular weight excluding hydrogens is 321 g/mol. The smallest absolute Gasteiger partial charge is 0.319 e. The van der Waals surface area contributed by atoms with Gasteiger partial charge in [0.1, 0.15) is 10.8 Å². The van der Waals surface area contributed by atoms with E-state index in [2.05, 4.69) is 4.74 Å². The summed E-state index contributed by atoms with van der Waals surface area (Å²) in [6, 6.07) is -0.0801. The number of benzene rings is 1. The van der Waals surface area contributed by atoms with Crippen LogP contribution in [0.15, 0.2) is 11.0 Å². The quantitative estimate of drug-likeness (QED) is 0.297. The lowest BCUT2D eigenvalue weighted by Crippen LogP contribution is -2.27. The molecular formula is C10H9F3O7S. The number of rotatable bonds is 5.